The van der Waals surface area contributed by atoms with E-state index >= 15 is 0 Å². The molecule has 0 radical (unpaired) electrons. The molecule has 0 aromatic carbocycles. The van der Waals surface area contributed by atoms with Crippen molar-refractivity contribution in [1.82, 2.24) is 0 Å². The molecule has 0 aromatic rings. The lowest BCUT2D eigenvalue weighted by Crippen LogP contribution is -2.60. The van der Waals surface area contributed by atoms with E-state index in [0.717, 1.165) is 0 Å². The third-order valence-corrected chi connectivity index (χ3v) is 6.21. The SMILES string of the molecule is O=S(=O)(O)CCCCC(CCCCS(=O)(=O)O)CCC(F)(F)C(F)(F)C(F)(F)C(F)(F)F. The van der Waals surface area contributed by atoms with Crippen LogP contribution in [0.15, 0.2) is 0 Å². The Balaban J connectivity index is 5.20. The van der Waals surface area contributed by atoms with Crippen molar-refractivity contribution in [3.05, 3.63) is 0 Å². The van der Waals surface area contributed by atoms with Gasteiger partial charge >= 0.3 is 23.9 Å². The molecule has 0 aliphatic heterocycles. The molecule has 0 atom stereocenters. The first-order valence-electron chi connectivity index (χ1n) is 9.14. The van der Waals surface area contributed by atoms with Crippen molar-refractivity contribution in [1.29, 1.82) is 0 Å². The largest absolute Gasteiger partial charge is 0.460 e. The fourth-order valence-corrected chi connectivity index (χ4v) is 3.96. The minimum absolute atomic E-state index is 0.0522. The summed E-state index contributed by atoms with van der Waals surface area (Å²) in [7, 11) is -8.70. The van der Waals surface area contributed by atoms with Gasteiger partial charge < -0.3 is 0 Å². The van der Waals surface area contributed by atoms with Crippen LogP contribution in [0.4, 0.5) is 39.5 Å². The molecule has 194 valence electrons. The summed E-state index contributed by atoms with van der Waals surface area (Å²) in [6.45, 7) is 0. The molecule has 0 aromatic heterocycles. The highest BCUT2D eigenvalue weighted by Gasteiger charge is 2.81. The van der Waals surface area contributed by atoms with Gasteiger partial charge in [0.25, 0.3) is 20.2 Å². The van der Waals surface area contributed by atoms with Gasteiger partial charge in [0.2, 0.25) is 0 Å². The van der Waals surface area contributed by atoms with Gasteiger partial charge in [0.05, 0.1) is 11.5 Å². The lowest BCUT2D eigenvalue weighted by Gasteiger charge is -2.34. The highest BCUT2D eigenvalue weighted by Crippen LogP contribution is 2.54. The summed E-state index contributed by atoms with van der Waals surface area (Å²) in [4.78, 5) is 0. The van der Waals surface area contributed by atoms with Gasteiger partial charge in [-0.2, -0.15) is 56.3 Å². The monoisotopic (exact) mass is 534 g/mol. The summed E-state index contributed by atoms with van der Waals surface area (Å²) in [5, 5.41) is 0. The molecule has 17 heteroatoms. The third kappa shape index (κ3) is 9.99. The molecule has 32 heavy (non-hydrogen) atoms. The number of unbranched alkanes of at least 4 members (excludes halogenated alkanes) is 2. The lowest BCUT2D eigenvalue weighted by molar-refractivity contribution is -0.397. The Morgan fingerprint density at radius 1 is 0.594 bits per heavy atom. The molecule has 0 rings (SSSR count). The van der Waals surface area contributed by atoms with E-state index in [1.54, 1.807) is 0 Å². The average Bonchev–Trinajstić information content (AvgIpc) is 2.56. The molecule has 0 bridgehead atoms. The Bertz CT molecular complexity index is 755. The topological polar surface area (TPSA) is 109 Å². The predicted molar refractivity (Wildman–Crippen MR) is 94.2 cm³/mol. The van der Waals surface area contributed by atoms with Crippen LogP contribution in [0.1, 0.15) is 51.4 Å². The maximum atomic E-state index is 13.7. The molecular weight excluding hydrogens is 511 g/mol. The van der Waals surface area contributed by atoms with E-state index in [1.807, 2.05) is 0 Å². The molecule has 0 spiro atoms. The number of halogens is 9. The summed E-state index contributed by atoms with van der Waals surface area (Å²) in [6, 6.07) is 0. The minimum Gasteiger partial charge on any atom is -0.286 e. The highest BCUT2D eigenvalue weighted by atomic mass is 32.2. The fourth-order valence-electron chi connectivity index (χ4n) is 2.82. The minimum atomic E-state index is -7.00. The van der Waals surface area contributed by atoms with Crippen LogP contribution in [-0.4, -0.2) is 61.4 Å². The molecule has 0 unspecified atom stereocenters. The van der Waals surface area contributed by atoms with Gasteiger partial charge in [-0.1, -0.05) is 25.7 Å². The number of hydrogen-bond donors (Lipinski definition) is 2. The summed E-state index contributed by atoms with van der Waals surface area (Å²) >= 11 is 0. The average molecular weight is 534 g/mol. The predicted octanol–water partition coefficient (Wildman–Crippen LogP) is 4.97. The van der Waals surface area contributed by atoms with Gasteiger partial charge in [0, 0.05) is 6.42 Å². The Morgan fingerprint density at radius 3 is 1.28 bits per heavy atom. The molecule has 0 aliphatic carbocycles. The number of alkyl halides is 9. The normalized spacial score (nSPS) is 14.9. The van der Waals surface area contributed by atoms with Gasteiger partial charge in [-0.05, 0) is 25.2 Å². The fraction of sp³-hybridized carbons (Fsp3) is 1.00. The Morgan fingerprint density at radius 2 is 0.969 bits per heavy atom. The molecule has 0 amide bonds. The Labute approximate surface area is 179 Å². The van der Waals surface area contributed by atoms with E-state index in [9.17, 15) is 56.3 Å². The number of hydrogen-bond acceptors (Lipinski definition) is 4. The van der Waals surface area contributed by atoms with Crippen molar-refractivity contribution in [2.45, 2.75) is 75.3 Å². The van der Waals surface area contributed by atoms with Gasteiger partial charge in [0.1, 0.15) is 0 Å². The van der Waals surface area contributed by atoms with Crippen molar-refractivity contribution >= 4 is 20.2 Å². The third-order valence-electron chi connectivity index (χ3n) is 4.61. The zero-order valence-corrected chi connectivity index (χ0v) is 18.0. The zero-order valence-electron chi connectivity index (χ0n) is 16.4. The zero-order chi connectivity index (χ0) is 25.6. The summed E-state index contributed by atoms with van der Waals surface area (Å²) in [5.74, 6) is -21.9. The van der Waals surface area contributed by atoms with E-state index in [1.165, 1.54) is 0 Å². The van der Waals surface area contributed by atoms with Gasteiger partial charge in [-0.3, -0.25) is 9.11 Å². The van der Waals surface area contributed by atoms with Crippen molar-refractivity contribution in [3.63, 3.8) is 0 Å². The first-order valence-corrected chi connectivity index (χ1v) is 12.4. The summed E-state index contributed by atoms with van der Waals surface area (Å²) in [5.41, 5.74) is 0. The lowest BCUT2D eigenvalue weighted by atomic mass is 9.88. The van der Waals surface area contributed by atoms with E-state index in [2.05, 4.69) is 0 Å². The van der Waals surface area contributed by atoms with Crippen molar-refractivity contribution in [3.8, 4) is 0 Å². The molecule has 0 saturated heterocycles. The Kier molecular flexibility index (Phi) is 10.8. The number of rotatable bonds is 15. The molecule has 2 N–H and O–H groups in total. The van der Waals surface area contributed by atoms with Crippen LogP contribution < -0.4 is 0 Å². The van der Waals surface area contributed by atoms with Crippen LogP contribution in [0.3, 0.4) is 0 Å². The maximum absolute atomic E-state index is 13.7. The summed E-state index contributed by atoms with van der Waals surface area (Å²) < 4.78 is 176. The Hall–Kier alpha value is -0.810. The summed E-state index contributed by atoms with van der Waals surface area (Å²) in [6.07, 6.45) is -10.7. The molecule has 0 aliphatic rings. The second-order valence-electron chi connectivity index (χ2n) is 7.32. The second kappa shape index (κ2) is 11.1. The van der Waals surface area contributed by atoms with Crippen molar-refractivity contribution < 1.29 is 65.5 Å². The molecule has 0 heterocycles. The van der Waals surface area contributed by atoms with E-state index in [0.29, 0.717) is 0 Å². The molecule has 6 nitrogen and oxygen atoms in total. The van der Waals surface area contributed by atoms with Crippen LogP contribution in [0.25, 0.3) is 0 Å². The maximum Gasteiger partial charge on any atom is 0.460 e. The van der Waals surface area contributed by atoms with E-state index < -0.39 is 74.4 Å². The van der Waals surface area contributed by atoms with E-state index in [4.69, 9.17) is 9.11 Å². The first kappa shape index (κ1) is 31.2. The smallest absolute Gasteiger partial charge is 0.286 e. The van der Waals surface area contributed by atoms with Crippen molar-refractivity contribution in [2.75, 3.05) is 11.5 Å². The standard InChI is InChI=1S/C15H23F9O6S2/c16-12(17,13(18,19)14(20,21)15(22,23)24)8-7-11(5-1-3-9-31(25,26)27)6-2-4-10-32(28,29)30/h11H,1-10H2,(H,25,26,27)(H,28,29,30). The molecule has 0 fully saturated rings. The van der Waals surface area contributed by atoms with Crippen molar-refractivity contribution in [2.24, 2.45) is 5.92 Å². The first-order chi connectivity index (χ1) is 14.0. The quantitative estimate of drug-likeness (QED) is 0.175. The van der Waals surface area contributed by atoms with Crippen LogP contribution in [0.5, 0.6) is 0 Å². The van der Waals surface area contributed by atoms with Crippen LogP contribution in [0.2, 0.25) is 0 Å². The molecular formula is C15H23F9O6S2. The molecule has 0 saturated carbocycles. The van der Waals surface area contributed by atoms with Gasteiger partial charge in [-0.15, -0.1) is 0 Å². The van der Waals surface area contributed by atoms with E-state index in [-0.39, 0.29) is 38.5 Å². The van der Waals surface area contributed by atoms with Crippen LogP contribution in [0, 0.1) is 5.92 Å². The van der Waals surface area contributed by atoms with Gasteiger partial charge in [0.15, 0.2) is 0 Å². The van der Waals surface area contributed by atoms with Crippen LogP contribution in [-0.2, 0) is 20.2 Å². The van der Waals surface area contributed by atoms with Crippen LogP contribution >= 0.6 is 0 Å². The highest BCUT2D eigenvalue weighted by molar-refractivity contribution is 7.86. The second-order valence-corrected chi connectivity index (χ2v) is 10.5. The van der Waals surface area contributed by atoms with Gasteiger partial charge in [-0.25, -0.2) is 0 Å².